The van der Waals surface area contributed by atoms with Crippen molar-refractivity contribution in [2.24, 2.45) is 0 Å². The Morgan fingerprint density at radius 2 is 1.40 bits per heavy atom. The molecule has 25 heavy (non-hydrogen) atoms. The topological polar surface area (TPSA) is 96.5 Å². The first-order valence-corrected chi connectivity index (χ1v) is 7.57. The summed E-state index contributed by atoms with van der Waals surface area (Å²) in [5.41, 5.74) is 1.71. The number of methoxy groups -OCH3 is 1. The van der Waals surface area contributed by atoms with Crippen LogP contribution < -0.4 is 20.7 Å². The predicted octanol–water partition coefficient (Wildman–Crippen LogP) is 2.62. The van der Waals surface area contributed by atoms with Crippen LogP contribution in [0.5, 0.6) is 5.75 Å². The maximum Gasteiger partial charge on any atom is 0.233 e. The van der Waals surface area contributed by atoms with Crippen LogP contribution in [-0.4, -0.2) is 24.8 Å². The van der Waals surface area contributed by atoms with Crippen molar-refractivity contribution < 1.29 is 19.1 Å². The van der Waals surface area contributed by atoms with Gasteiger partial charge in [0.25, 0.3) is 0 Å². The van der Waals surface area contributed by atoms with Gasteiger partial charge in [-0.3, -0.25) is 14.4 Å². The largest absolute Gasteiger partial charge is 0.497 e. The standard InChI is InChI=1S/C18H19N3O4/c1-12(22)19-13-6-8-14(9-7-13)20-17(23)11-18(24)21-15-4-3-5-16(10-15)25-2/h3-10H,11H2,1-2H3,(H,19,22)(H,20,23)(H,21,24). The van der Waals surface area contributed by atoms with E-state index < -0.39 is 11.8 Å². The summed E-state index contributed by atoms with van der Waals surface area (Å²) in [6, 6.07) is 13.5. The molecular weight excluding hydrogens is 322 g/mol. The summed E-state index contributed by atoms with van der Waals surface area (Å²) in [6.07, 6.45) is -0.315. The summed E-state index contributed by atoms with van der Waals surface area (Å²) in [7, 11) is 1.53. The Morgan fingerprint density at radius 1 is 0.840 bits per heavy atom. The fourth-order valence-electron chi connectivity index (χ4n) is 2.10. The van der Waals surface area contributed by atoms with Gasteiger partial charge >= 0.3 is 0 Å². The van der Waals surface area contributed by atoms with Crippen molar-refractivity contribution in [3.63, 3.8) is 0 Å². The average Bonchev–Trinajstić information content (AvgIpc) is 2.56. The van der Waals surface area contributed by atoms with E-state index in [2.05, 4.69) is 16.0 Å². The number of amides is 3. The third kappa shape index (κ3) is 5.98. The van der Waals surface area contributed by atoms with E-state index in [9.17, 15) is 14.4 Å². The van der Waals surface area contributed by atoms with Gasteiger partial charge in [0, 0.05) is 30.1 Å². The highest BCUT2D eigenvalue weighted by Crippen LogP contribution is 2.17. The molecule has 0 fully saturated rings. The smallest absolute Gasteiger partial charge is 0.233 e. The molecule has 2 aromatic rings. The first-order valence-electron chi connectivity index (χ1n) is 7.57. The lowest BCUT2D eigenvalue weighted by molar-refractivity contribution is -0.123. The number of anilines is 3. The number of nitrogens with one attached hydrogen (secondary N) is 3. The van der Waals surface area contributed by atoms with Gasteiger partial charge in [-0.05, 0) is 36.4 Å². The summed E-state index contributed by atoms with van der Waals surface area (Å²) in [5, 5.41) is 7.89. The van der Waals surface area contributed by atoms with Crippen molar-refractivity contribution in [1.29, 1.82) is 0 Å². The van der Waals surface area contributed by atoms with Crippen LogP contribution in [0.2, 0.25) is 0 Å². The number of carbonyl (C=O) groups is 3. The minimum Gasteiger partial charge on any atom is -0.497 e. The Labute approximate surface area is 145 Å². The lowest BCUT2D eigenvalue weighted by Gasteiger charge is -2.08. The third-order valence-electron chi connectivity index (χ3n) is 3.16. The van der Waals surface area contributed by atoms with E-state index in [1.54, 1.807) is 48.5 Å². The lowest BCUT2D eigenvalue weighted by atomic mass is 10.2. The van der Waals surface area contributed by atoms with Gasteiger partial charge in [-0.1, -0.05) is 6.07 Å². The van der Waals surface area contributed by atoms with E-state index in [-0.39, 0.29) is 12.3 Å². The second kappa shape index (κ2) is 8.49. The molecule has 0 aliphatic rings. The van der Waals surface area contributed by atoms with Crippen LogP contribution in [0.15, 0.2) is 48.5 Å². The molecule has 0 spiro atoms. The Bertz CT molecular complexity index is 772. The summed E-state index contributed by atoms with van der Waals surface area (Å²) < 4.78 is 5.07. The highest BCUT2D eigenvalue weighted by Gasteiger charge is 2.10. The van der Waals surface area contributed by atoms with E-state index in [0.29, 0.717) is 22.8 Å². The van der Waals surface area contributed by atoms with Crippen LogP contribution >= 0.6 is 0 Å². The first kappa shape index (κ1) is 18.0. The number of hydrogen-bond donors (Lipinski definition) is 3. The third-order valence-corrected chi connectivity index (χ3v) is 3.16. The van der Waals surface area contributed by atoms with Gasteiger partial charge in [-0.2, -0.15) is 0 Å². The molecule has 0 heterocycles. The van der Waals surface area contributed by atoms with Gasteiger partial charge in [0.05, 0.1) is 7.11 Å². The molecule has 0 aliphatic heterocycles. The molecule has 0 aliphatic carbocycles. The maximum absolute atomic E-state index is 11.9. The zero-order valence-electron chi connectivity index (χ0n) is 14.0. The summed E-state index contributed by atoms with van der Waals surface area (Å²) in [6.45, 7) is 1.41. The molecule has 0 unspecified atom stereocenters. The van der Waals surface area contributed by atoms with E-state index in [1.165, 1.54) is 14.0 Å². The van der Waals surface area contributed by atoms with Crippen molar-refractivity contribution in [3.8, 4) is 5.75 Å². The summed E-state index contributed by atoms with van der Waals surface area (Å²) in [4.78, 5) is 34.8. The van der Waals surface area contributed by atoms with Crippen molar-refractivity contribution >= 4 is 34.8 Å². The second-order valence-electron chi connectivity index (χ2n) is 5.26. The summed E-state index contributed by atoms with van der Waals surface area (Å²) >= 11 is 0. The maximum atomic E-state index is 11.9. The van der Waals surface area contributed by atoms with E-state index in [0.717, 1.165) is 0 Å². The Morgan fingerprint density at radius 3 is 1.96 bits per heavy atom. The zero-order chi connectivity index (χ0) is 18.2. The molecule has 0 bridgehead atoms. The molecule has 7 nitrogen and oxygen atoms in total. The van der Waals surface area contributed by atoms with Gasteiger partial charge in [0.15, 0.2) is 0 Å². The fourth-order valence-corrected chi connectivity index (χ4v) is 2.10. The van der Waals surface area contributed by atoms with Crippen molar-refractivity contribution in [2.75, 3.05) is 23.1 Å². The van der Waals surface area contributed by atoms with Crippen LogP contribution in [0, 0.1) is 0 Å². The highest BCUT2D eigenvalue weighted by molar-refractivity contribution is 6.08. The molecule has 7 heteroatoms. The highest BCUT2D eigenvalue weighted by atomic mass is 16.5. The van der Waals surface area contributed by atoms with Crippen LogP contribution in [-0.2, 0) is 14.4 Å². The Hall–Kier alpha value is -3.35. The van der Waals surface area contributed by atoms with Crippen molar-refractivity contribution in [3.05, 3.63) is 48.5 Å². The number of hydrogen-bond acceptors (Lipinski definition) is 4. The number of carbonyl (C=O) groups excluding carboxylic acids is 3. The van der Waals surface area contributed by atoms with Gasteiger partial charge in [-0.25, -0.2) is 0 Å². The monoisotopic (exact) mass is 341 g/mol. The van der Waals surface area contributed by atoms with Gasteiger partial charge in [0.2, 0.25) is 17.7 Å². The summed E-state index contributed by atoms with van der Waals surface area (Å²) in [5.74, 6) is -0.430. The normalized spacial score (nSPS) is 9.84. The SMILES string of the molecule is COc1cccc(NC(=O)CC(=O)Nc2ccc(NC(C)=O)cc2)c1. The molecule has 0 atom stereocenters. The van der Waals surface area contributed by atoms with E-state index >= 15 is 0 Å². The second-order valence-corrected chi connectivity index (χ2v) is 5.26. The molecule has 2 rings (SSSR count). The molecule has 3 N–H and O–H groups in total. The Kier molecular flexibility index (Phi) is 6.11. The predicted molar refractivity (Wildman–Crippen MR) is 95.6 cm³/mol. The number of benzene rings is 2. The minimum absolute atomic E-state index is 0.175. The van der Waals surface area contributed by atoms with Crippen LogP contribution in [0.25, 0.3) is 0 Å². The van der Waals surface area contributed by atoms with E-state index in [1.807, 2.05) is 0 Å². The molecule has 130 valence electrons. The molecule has 3 amide bonds. The first-order chi connectivity index (χ1) is 12.0. The average molecular weight is 341 g/mol. The van der Waals surface area contributed by atoms with Crippen molar-refractivity contribution in [1.82, 2.24) is 0 Å². The molecule has 0 radical (unpaired) electrons. The molecule has 2 aromatic carbocycles. The number of rotatable bonds is 6. The van der Waals surface area contributed by atoms with Crippen LogP contribution in [0.3, 0.4) is 0 Å². The minimum atomic E-state index is -0.437. The Balaban J connectivity index is 1.86. The zero-order valence-corrected chi connectivity index (χ0v) is 14.0. The molecule has 0 aromatic heterocycles. The van der Waals surface area contributed by atoms with Gasteiger partial charge < -0.3 is 20.7 Å². The quantitative estimate of drug-likeness (QED) is 0.704. The van der Waals surface area contributed by atoms with Crippen molar-refractivity contribution in [2.45, 2.75) is 13.3 Å². The fraction of sp³-hybridized carbons (Fsp3) is 0.167. The van der Waals surface area contributed by atoms with Crippen LogP contribution in [0.1, 0.15) is 13.3 Å². The van der Waals surface area contributed by atoms with E-state index in [4.69, 9.17) is 4.74 Å². The molecular formula is C18H19N3O4. The van der Waals surface area contributed by atoms with Crippen LogP contribution in [0.4, 0.5) is 17.1 Å². The van der Waals surface area contributed by atoms with Gasteiger partial charge in [-0.15, -0.1) is 0 Å². The molecule has 0 saturated carbocycles. The lowest BCUT2D eigenvalue weighted by Crippen LogP contribution is -2.21. The van der Waals surface area contributed by atoms with Gasteiger partial charge in [0.1, 0.15) is 12.2 Å². The number of ether oxygens (including phenoxy) is 1. The molecule has 0 saturated heterocycles.